The van der Waals surface area contributed by atoms with Crippen LogP contribution in [0.3, 0.4) is 0 Å². The van der Waals surface area contributed by atoms with Crippen molar-refractivity contribution in [3.05, 3.63) is 45.2 Å². The molecule has 0 saturated heterocycles. The first-order valence-corrected chi connectivity index (χ1v) is 6.02. The number of primary amides is 1. The van der Waals surface area contributed by atoms with Crippen molar-refractivity contribution in [2.24, 2.45) is 11.5 Å². The van der Waals surface area contributed by atoms with E-state index in [1.807, 2.05) is 0 Å². The third-order valence-electron chi connectivity index (χ3n) is 2.73. The van der Waals surface area contributed by atoms with Gasteiger partial charge in [0, 0.05) is 10.6 Å². The molecule has 6 nitrogen and oxygen atoms in total. The van der Waals surface area contributed by atoms with Gasteiger partial charge in [-0.3, -0.25) is 9.89 Å². The van der Waals surface area contributed by atoms with Gasteiger partial charge in [0.2, 0.25) is 0 Å². The number of nitrogens with zero attached hydrogens (tertiary/aromatic N) is 1. The summed E-state index contributed by atoms with van der Waals surface area (Å²) in [5.41, 5.74) is 11.9. The van der Waals surface area contributed by atoms with Crippen molar-refractivity contribution in [2.75, 3.05) is 6.54 Å². The number of carbonyl (C=O) groups is 1. The summed E-state index contributed by atoms with van der Waals surface area (Å²) in [6, 6.07) is 6.03. The molecule has 0 aliphatic carbocycles. The first kappa shape index (κ1) is 13.4. The van der Waals surface area contributed by atoms with Crippen LogP contribution in [0.15, 0.2) is 29.1 Å². The summed E-state index contributed by atoms with van der Waals surface area (Å²) in [6.45, 7) is 0.298. The number of hydrogen-bond acceptors (Lipinski definition) is 3. The molecule has 1 aromatic carbocycles. The third kappa shape index (κ3) is 2.54. The van der Waals surface area contributed by atoms with E-state index in [1.54, 1.807) is 24.3 Å². The number of benzene rings is 1. The number of rotatable bonds is 3. The van der Waals surface area contributed by atoms with E-state index < -0.39 is 11.6 Å². The number of hydrogen-bond donors (Lipinski definition) is 3. The average molecular weight is 281 g/mol. The number of nitrogens with one attached hydrogen (secondary N) is 1. The Balaban J connectivity index is 2.61. The summed E-state index contributed by atoms with van der Waals surface area (Å²) in [7, 11) is 0. The lowest BCUT2D eigenvalue weighted by Gasteiger charge is -2.01. The molecule has 0 spiro atoms. The summed E-state index contributed by atoms with van der Waals surface area (Å²) in [6.07, 6.45) is 0.355. The molecule has 0 atom stereocenters. The number of nitrogens with two attached hydrogens (primary N) is 2. The number of aromatic amines is 1. The Hall–Kier alpha value is -2.05. The maximum Gasteiger partial charge on any atom is 0.341 e. The van der Waals surface area contributed by atoms with Crippen molar-refractivity contribution in [3.8, 4) is 11.3 Å². The molecule has 1 amide bonds. The highest BCUT2D eigenvalue weighted by Gasteiger charge is 2.17. The number of H-pyrrole nitrogens is 1. The van der Waals surface area contributed by atoms with E-state index in [9.17, 15) is 9.59 Å². The Labute approximate surface area is 113 Å². The molecule has 1 heterocycles. The average Bonchev–Trinajstić information content (AvgIpc) is 2.69. The number of halogens is 1. The van der Waals surface area contributed by atoms with Crippen LogP contribution in [0.4, 0.5) is 4.79 Å². The Kier molecular flexibility index (Phi) is 3.73. The Morgan fingerprint density at radius 1 is 1.32 bits per heavy atom. The van der Waals surface area contributed by atoms with Gasteiger partial charge in [0.15, 0.2) is 0 Å². The molecule has 0 fully saturated rings. The van der Waals surface area contributed by atoms with E-state index in [2.05, 4.69) is 5.10 Å². The zero-order valence-corrected chi connectivity index (χ0v) is 10.8. The smallest absolute Gasteiger partial charge is 0.341 e. The molecular weight excluding hydrogens is 268 g/mol. The van der Waals surface area contributed by atoms with Crippen molar-refractivity contribution in [3.63, 3.8) is 0 Å². The lowest BCUT2D eigenvalue weighted by atomic mass is 10.1. The molecule has 100 valence electrons. The molecule has 0 radical (unpaired) electrons. The van der Waals surface area contributed by atoms with E-state index in [1.165, 1.54) is 0 Å². The monoisotopic (exact) mass is 280 g/mol. The normalized spacial score (nSPS) is 10.6. The zero-order chi connectivity index (χ0) is 14.0. The molecule has 0 aliphatic rings. The fraction of sp³-hybridized carbons (Fsp3) is 0.167. The van der Waals surface area contributed by atoms with Crippen LogP contribution in [0.1, 0.15) is 5.56 Å². The predicted octanol–water partition coefficient (Wildman–Crippen LogP) is 0.925. The van der Waals surface area contributed by atoms with Gasteiger partial charge in [-0.25, -0.2) is 4.79 Å². The largest absolute Gasteiger partial charge is 0.350 e. The predicted molar refractivity (Wildman–Crippen MR) is 73.2 cm³/mol. The second-order valence-electron chi connectivity index (χ2n) is 3.99. The second-order valence-corrected chi connectivity index (χ2v) is 4.43. The molecule has 0 saturated carbocycles. The highest BCUT2D eigenvalue weighted by molar-refractivity contribution is 6.30. The van der Waals surface area contributed by atoms with Gasteiger partial charge in [0.1, 0.15) is 0 Å². The first-order chi connectivity index (χ1) is 9.04. The minimum Gasteiger partial charge on any atom is -0.350 e. The number of aromatic nitrogens is 2. The van der Waals surface area contributed by atoms with Crippen molar-refractivity contribution in [2.45, 2.75) is 6.42 Å². The molecule has 19 heavy (non-hydrogen) atoms. The Morgan fingerprint density at radius 2 is 1.95 bits per heavy atom. The van der Waals surface area contributed by atoms with Crippen LogP contribution in [0.5, 0.6) is 0 Å². The quantitative estimate of drug-likeness (QED) is 0.778. The van der Waals surface area contributed by atoms with Crippen molar-refractivity contribution < 1.29 is 4.79 Å². The van der Waals surface area contributed by atoms with Crippen LogP contribution >= 0.6 is 11.6 Å². The van der Waals surface area contributed by atoms with Crippen LogP contribution in [0, 0.1) is 0 Å². The lowest BCUT2D eigenvalue weighted by molar-refractivity contribution is 0.247. The van der Waals surface area contributed by atoms with Gasteiger partial charge in [-0.1, -0.05) is 23.7 Å². The zero-order valence-electron chi connectivity index (χ0n) is 10.0. The number of amides is 1. The van der Waals surface area contributed by atoms with Gasteiger partial charge in [0.25, 0.3) is 5.56 Å². The maximum absolute atomic E-state index is 12.0. The molecule has 5 N–H and O–H groups in total. The summed E-state index contributed by atoms with van der Waals surface area (Å²) >= 11 is 5.82. The van der Waals surface area contributed by atoms with Gasteiger partial charge in [-0.15, -0.1) is 0 Å². The fourth-order valence-electron chi connectivity index (χ4n) is 1.86. The van der Waals surface area contributed by atoms with Crippen LogP contribution in [-0.4, -0.2) is 22.4 Å². The lowest BCUT2D eigenvalue weighted by Crippen LogP contribution is -2.31. The van der Waals surface area contributed by atoms with Gasteiger partial charge in [-0.05, 0) is 30.7 Å². The summed E-state index contributed by atoms with van der Waals surface area (Å²) in [4.78, 5) is 23.2. The number of carbonyl (C=O) groups excluding carboxylic acids is 1. The Morgan fingerprint density at radius 3 is 2.47 bits per heavy atom. The summed E-state index contributed by atoms with van der Waals surface area (Å²) in [5.74, 6) is 0. The molecular formula is C12H13ClN4O2. The molecule has 7 heteroatoms. The molecule has 2 aromatic rings. The minimum absolute atomic E-state index is 0.298. The SMILES string of the molecule is NCCc1c(-c2ccc(Cl)cc2)[nH]n(C(N)=O)c1=O. The van der Waals surface area contributed by atoms with Crippen LogP contribution in [0.2, 0.25) is 5.02 Å². The fourth-order valence-corrected chi connectivity index (χ4v) is 1.98. The van der Waals surface area contributed by atoms with Gasteiger partial charge in [0.05, 0.1) is 5.69 Å². The van der Waals surface area contributed by atoms with E-state index >= 15 is 0 Å². The molecule has 0 unspecified atom stereocenters. The molecule has 0 aliphatic heterocycles. The molecule has 2 rings (SSSR count). The van der Waals surface area contributed by atoms with Gasteiger partial charge < -0.3 is 11.5 Å². The summed E-state index contributed by atoms with van der Waals surface area (Å²) in [5, 5.41) is 3.29. The molecule has 0 bridgehead atoms. The summed E-state index contributed by atoms with van der Waals surface area (Å²) < 4.78 is 0.773. The van der Waals surface area contributed by atoms with Crippen LogP contribution < -0.4 is 17.0 Å². The van der Waals surface area contributed by atoms with Crippen molar-refractivity contribution >= 4 is 17.6 Å². The van der Waals surface area contributed by atoms with Crippen LogP contribution in [-0.2, 0) is 6.42 Å². The van der Waals surface area contributed by atoms with Crippen molar-refractivity contribution in [1.29, 1.82) is 0 Å². The van der Waals surface area contributed by atoms with Gasteiger partial charge >= 0.3 is 6.03 Å². The van der Waals surface area contributed by atoms with E-state index in [-0.39, 0.29) is 0 Å². The first-order valence-electron chi connectivity index (χ1n) is 5.64. The molecule has 1 aromatic heterocycles. The highest BCUT2D eigenvalue weighted by atomic mass is 35.5. The Bertz CT molecular complexity index is 657. The van der Waals surface area contributed by atoms with E-state index in [0.29, 0.717) is 29.2 Å². The van der Waals surface area contributed by atoms with Gasteiger partial charge in [-0.2, -0.15) is 4.68 Å². The maximum atomic E-state index is 12.0. The van der Waals surface area contributed by atoms with Crippen LogP contribution in [0.25, 0.3) is 11.3 Å². The van der Waals surface area contributed by atoms with Crippen molar-refractivity contribution in [1.82, 2.24) is 9.78 Å². The van der Waals surface area contributed by atoms with E-state index in [4.69, 9.17) is 23.1 Å². The topological polar surface area (TPSA) is 107 Å². The highest BCUT2D eigenvalue weighted by Crippen LogP contribution is 2.21. The minimum atomic E-state index is -0.858. The third-order valence-corrected chi connectivity index (χ3v) is 2.99. The standard InChI is InChI=1S/C12H13ClN4O2/c13-8-3-1-7(2-4-8)10-9(5-6-14)11(18)17(16-10)12(15)19/h1-4,16H,5-6,14H2,(H2,15,19). The van der Waals surface area contributed by atoms with E-state index in [0.717, 1.165) is 10.2 Å². The second kappa shape index (κ2) is 5.29.